The van der Waals surface area contributed by atoms with Crippen molar-refractivity contribution < 1.29 is 4.79 Å². The van der Waals surface area contributed by atoms with Gasteiger partial charge in [-0.15, -0.1) is 0 Å². The fourth-order valence-electron chi connectivity index (χ4n) is 2.23. The summed E-state index contributed by atoms with van der Waals surface area (Å²) in [4.78, 5) is 16.1. The van der Waals surface area contributed by atoms with Crippen LogP contribution in [0.1, 0.15) is 35.8 Å². The SMILES string of the molecule is C[C@@H](Cc1ccsc1)Nc1ccnc(C(=O)NC2CC2)c1. The maximum Gasteiger partial charge on any atom is 0.270 e. The molecule has 2 heterocycles. The zero-order chi connectivity index (χ0) is 14.7. The van der Waals surface area contributed by atoms with Crippen LogP contribution in [0.5, 0.6) is 0 Å². The van der Waals surface area contributed by atoms with Crippen molar-refractivity contribution in [2.75, 3.05) is 5.32 Å². The van der Waals surface area contributed by atoms with E-state index in [0.717, 1.165) is 24.9 Å². The van der Waals surface area contributed by atoms with Crippen molar-refractivity contribution in [3.63, 3.8) is 0 Å². The minimum atomic E-state index is -0.0772. The van der Waals surface area contributed by atoms with Gasteiger partial charge in [-0.2, -0.15) is 11.3 Å². The molecule has 110 valence electrons. The third kappa shape index (κ3) is 4.04. The van der Waals surface area contributed by atoms with E-state index in [-0.39, 0.29) is 5.91 Å². The second kappa shape index (κ2) is 6.26. The number of anilines is 1. The molecule has 1 aliphatic carbocycles. The summed E-state index contributed by atoms with van der Waals surface area (Å²) in [5.41, 5.74) is 2.75. The predicted octanol–water partition coefficient (Wildman–Crippen LogP) is 3.08. The van der Waals surface area contributed by atoms with E-state index >= 15 is 0 Å². The third-order valence-electron chi connectivity index (χ3n) is 3.44. The molecule has 21 heavy (non-hydrogen) atoms. The highest BCUT2D eigenvalue weighted by Gasteiger charge is 2.24. The lowest BCUT2D eigenvalue weighted by molar-refractivity contribution is 0.0946. The van der Waals surface area contributed by atoms with Crippen LogP contribution in [0.25, 0.3) is 0 Å². The second-order valence-corrected chi connectivity index (χ2v) is 6.34. The van der Waals surface area contributed by atoms with Gasteiger partial charge in [-0.05, 0) is 60.7 Å². The van der Waals surface area contributed by atoms with Crippen molar-refractivity contribution in [3.05, 3.63) is 46.4 Å². The minimum Gasteiger partial charge on any atom is -0.382 e. The topological polar surface area (TPSA) is 54.0 Å². The Kier molecular flexibility index (Phi) is 4.20. The number of rotatable bonds is 6. The van der Waals surface area contributed by atoms with Crippen molar-refractivity contribution in [2.45, 2.75) is 38.3 Å². The molecule has 1 atom stereocenters. The Morgan fingerprint density at radius 2 is 2.33 bits per heavy atom. The Morgan fingerprint density at radius 3 is 3.05 bits per heavy atom. The summed E-state index contributed by atoms with van der Waals surface area (Å²) in [6.07, 6.45) is 4.82. The summed E-state index contributed by atoms with van der Waals surface area (Å²) in [6, 6.07) is 6.53. The van der Waals surface area contributed by atoms with Crippen molar-refractivity contribution >= 4 is 22.9 Å². The minimum absolute atomic E-state index is 0.0772. The van der Waals surface area contributed by atoms with E-state index in [9.17, 15) is 4.79 Å². The summed E-state index contributed by atoms with van der Waals surface area (Å²) in [7, 11) is 0. The standard InChI is InChI=1S/C16H19N3OS/c1-11(8-12-5-7-21-10-12)18-14-4-6-17-15(9-14)16(20)19-13-2-3-13/h4-7,9-11,13H,2-3,8H2,1H3,(H,17,18)(H,19,20)/t11-/m0/s1. The number of hydrogen-bond donors (Lipinski definition) is 2. The van der Waals surface area contributed by atoms with Gasteiger partial charge in [-0.25, -0.2) is 0 Å². The van der Waals surface area contributed by atoms with Gasteiger partial charge < -0.3 is 10.6 Å². The first-order chi connectivity index (χ1) is 10.2. The Morgan fingerprint density at radius 1 is 1.48 bits per heavy atom. The zero-order valence-electron chi connectivity index (χ0n) is 12.0. The normalized spacial score (nSPS) is 15.5. The number of pyridine rings is 1. The summed E-state index contributed by atoms with van der Waals surface area (Å²) in [5.74, 6) is -0.0772. The van der Waals surface area contributed by atoms with Crippen molar-refractivity contribution in [2.24, 2.45) is 0 Å². The molecule has 0 spiro atoms. The lowest BCUT2D eigenvalue weighted by atomic mass is 10.1. The summed E-state index contributed by atoms with van der Waals surface area (Å²) >= 11 is 1.72. The number of nitrogens with zero attached hydrogens (tertiary/aromatic N) is 1. The Bertz CT molecular complexity index is 608. The Labute approximate surface area is 128 Å². The summed E-state index contributed by atoms with van der Waals surface area (Å²) in [5, 5.41) is 10.6. The first-order valence-corrected chi connectivity index (χ1v) is 8.19. The van der Waals surface area contributed by atoms with Gasteiger partial charge in [0.1, 0.15) is 5.69 Å². The fourth-order valence-corrected chi connectivity index (χ4v) is 2.91. The monoisotopic (exact) mass is 301 g/mol. The molecule has 0 bridgehead atoms. The van der Waals surface area contributed by atoms with Crippen molar-refractivity contribution in [1.29, 1.82) is 0 Å². The predicted molar refractivity (Wildman–Crippen MR) is 85.8 cm³/mol. The Hall–Kier alpha value is -1.88. The molecule has 0 saturated heterocycles. The van der Waals surface area contributed by atoms with Crippen LogP contribution < -0.4 is 10.6 Å². The molecule has 0 unspecified atom stereocenters. The summed E-state index contributed by atoms with van der Waals surface area (Å²) in [6.45, 7) is 2.14. The molecule has 0 aromatic carbocycles. The third-order valence-corrected chi connectivity index (χ3v) is 4.17. The van der Waals surface area contributed by atoms with Crippen LogP contribution in [-0.2, 0) is 6.42 Å². The molecule has 4 nitrogen and oxygen atoms in total. The molecule has 0 radical (unpaired) electrons. The molecule has 1 aliphatic rings. The van der Waals surface area contributed by atoms with Gasteiger partial charge in [0.25, 0.3) is 5.91 Å². The molecular weight excluding hydrogens is 282 g/mol. The van der Waals surface area contributed by atoms with Crippen LogP contribution in [0.4, 0.5) is 5.69 Å². The molecule has 0 aliphatic heterocycles. The maximum absolute atomic E-state index is 12.0. The van der Waals surface area contributed by atoms with E-state index in [0.29, 0.717) is 17.8 Å². The van der Waals surface area contributed by atoms with Crippen molar-refractivity contribution in [1.82, 2.24) is 10.3 Å². The van der Waals surface area contributed by atoms with Gasteiger partial charge in [0.05, 0.1) is 0 Å². The average Bonchev–Trinajstić information content (AvgIpc) is 3.13. The molecule has 1 fully saturated rings. The van der Waals surface area contributed by atoms with E-state index < -0.39 is 0 Å². The molecule has 3 rings (SSSR count). The van der Waals surface area contributed by atoms with Crippen LogP contribution in [0.15, 0.2) is 35.2 Å². The van der Waals surface area contributed by atoms with E-state index in [2.05, 4.69) is 39.4 Å². The number of carbonyl (C=O) groups excluding carboxylic acids is 1. The van der Waals surface area contributed by atoms with E-state index in [1.54, 1.807) is 17.5 Å². The van der Waals surface area contributed by atoms with Gasteiger partial charge in [0, 0.05) is 24.0 Å². The first-order valence-electron chi connectivity index (χ1n) is 7.25. The number of aromatic nitrogens is 1. The molecule has 2 N–H and O–H groups in total. The highest BCUT2D eigenvalue weighted by molar-refractivity contribution is 7.07. The lowest BCUT2D eigenvalue weighted by Crippen LogP contribution is -2.26. The maximum atomic E-state index is 12.0. The number of amides is 1. The fraction of sp³-hybridized carbons (Fsp3) is 0.375. The first kappa shape index (κ1) is 14.1. The molecule has 2 aromatic rings. The highest BCUT2D eigenvalue weighted by atomic mass is 32.1. The lowest BCUT2D eigenvalue weighted by Gasteiger charge is -2.15. The van der Waals surface area contributed by atoms with Crippen LogP contribution >= 0.6 is 11.3 Å². The van der Waals surface area contributed by atoms with Crippen LogP contribution in [0, 0.1) is 0 Å². The van der Waals surface area contributed by atoms with E-state index in [4.69, 9.17) is 0 Å². The smallest absolute Gasteiger partial charge is 0.270 e. The number of nitrogens with one attached hydrogen (secondary N) is 2. The largest absolute Gasteiger partial charge is 0.382 e. The van der Waals surface area contributed by atoms with Crippen molar-refractivity contribution in [3.8, 4) is 0 Å². The van der Waals surface area contributed by atoms with E-state index in [1.807, 2.05) is 12.1 Å². The highest BCUT2D eigenvalue weighted by Crippen LogP contribution is 2.19. The zero-order valence-corrected chi connectivity index (χ0v) is 12.8. The van der Waals surface area contributed by atoms with Gasteiger partial charge in [-0.3, -0.25) is 9.78 Å². The van der Waals surface area contributed by atoms with Gasteiger partial charge in [-0.1, -0.05) is 0 Å². The van der Waals surface area contributed by atoms with Gasteiger partial charge >= 0.3 is 0 Å². The van der Waals surface area contributed by atoms with Crippen LogP contribution in [-0.4, -0.2) is 23.0 Å². The Balaban J connectivity index is 1.60. The second-order valence-electron chi connectivity index (χ2n) is 5.56. The number of hydrogen-bond acceptors (Lipinski definition) is 4. The van der Waals surface area contributed by atoms with Gasteiger partial charge in [0.15, 0.2) is 0 Å². The summed E-state index contributed by atoms with van der Waals surface area (Å²) < 4.78 is 0. The molecular formula is C16H19N3OS. The number of carbonyl (C=O) groups is 1. The van der Waals surface area contributed by atoms with Crippen LogP contribution in [0.3, 0.4) is 0 Å². The van der Waals surface area contributed by atoms with Gasteiger partial charge in [0.2, 0.25) is 0 Å². The average molecular weight is 301 g/mol. The molecule has 1 saturated carbocycles. The number of thiophene rings is 1. The molecule has 5 heteroatoms. The molecule has 1 amide bonds. The van der Waals surface area contributed by atoms with Crippen LogP contribution in [0.2, 0.25) is 0 Å². The molecule has 2 aromatic heterocycles. The quantitative estimate of drug-likeness (QED) is 0.862. The van der Waals surface area contributed by atoms with E-state index in [1.165, 1.54) is 5.56 Å².